The highest BCUT2D eigenvalue weighted by atomic mass is 16.6. The number of hydrogen-bond acceptors (Lipinski definition) is 7. The number of nitrogens with zero attached hydrogens (tertiary/aromatic N) is 1. The molecule has 0 atom stereocenters. The fourth-order valence-electron chi connectivity index (χ4n) is 3.07. The first kappa shape index (κ1) is 28.0. The van der Waals surface area contributed by atoms with Gasteiger partial charge in [0.2, 0.25) is 0 Å². The molecule has 36 heavy (non-hydrogen) atoms. The molecule has 0 aliphatic carbocycles. The van der Waals surface area contributed by atoms with E-state index < -0.39 is 11.9 Å². The van der Waals surface area contributed by atoms with Gasteiger partial charge in [0.25, 0.3) is 5.91 Å². The Morgan fingerprint density at radius 1 is 0.944 bits per heavy atom. The van der Waals surface area contributed by atoms with Crippen LogP contribution in [-0.2, 0) is 9.59 Å². The average Bonchev–Trinajstić information content (AvgIpc) is 2.90. The van der Waals surface area contributed by atoms with Crippen molar-refractivity contribution in [3.63, 3.8) is 0 Å². The van der Waals surface area contributed by atoms with Crippen molar-refractivity contribution in [3.8, 4) is 29.1 Å². The molecule has 8 nitrogen and oxygen atoms in total. The third kappa shape index (κ3) is 8.51. The van der Waals surface area contributed by atoms with E-state index >= 15 is 0 Å². The molecular formula is C28H32N2O6. The Morgan fingerprint density at radius 2 is 1.61 bits per heavy atom. The van der Waals surface area contributed by atoms with Crippen LogP contribution >= 0.6 is 0 Å². The molecule has 0 aliphatic rings. The van der Waals surface area contributed by atoms with Gasteiger partial charge in [0, 0.05) is 12.6 Å². The zero-order valence-electron chi connectivity index (χ0n) is 21.1. The Morgan fingerprint density at radius 3 is 2.28 bits per heavy atom. The number of amides is 1. The van der Waals surface area contributed by atoms with Crippen molar-refractivity contribution in [3.05, 3.63) is 59.2 Å². The number of ether oxygens (including phenoxy) is 4. The van der Waals surface area contributed by atoms with Crippen LogP contribution in [-0.4, -0.2) is 39.2 Å². The molecule has 0 unspecified atom stereocenters. The van der Waals surface area contributed by atoms with E-state index in [4.69, 9.17) is 18.9 Å². The number of hydrogen-bond donors (Lipinski definition) is 1. The van der Waals surface area contributed by atoms with E-state index in [-0.39, 0.29) is 17.1 Å². The molecule has 2 aromatic rings. The maximum Gasteiger partial charge on any atom is 0.336 e. The molecule has 0 radical (unpaired) electrons. The summed E-state index contributed by atoms with van der Waals surface area (Å²) in [6, 6.07) is 12.0. The fourth-order valence-corrected chi connectivity index (χ4v) is 3.07. The van der Waals surface area contributed by atoms with E-state index in [1.807, 2.05) is 26.0 Å². The Labute approximate surface area is 212 Å². The molecule has 0 aliphatic heterocycles. The van der Waals surface area contributed by atoms with E-state index in [9.17, 15) is 14.9 Å². The number of carbonyl (C=O) groups excluding carboxylic acids is 2. The highest BCUT2D eigenvalue weighted by molar-refractivity contribution is 6.01. The second-order valence-corrected chi connectivity index (χ2v) is 7.70. The lowest BCUT2D eigenvalue weighted by molar-refractivity contribution is -0.129. The standard InChI is InChI=1S/C28H32N2O6/c1-5-7-14-30-28(32)22(19-29)16-21-9-12-24(26(18-21)34-4)36-27(31)13-10-20-8-11-23(35-15-6-2)25(17-20)33-3/h8-13,16-18H,5-7,14-15H2,1-4H3,(H,30,32)/b13-10+,22-16+. The lowest BCUT2D eigenvalue weighted by Crippen LogP contribution is -2.25. The molecule has 0 heterocycles. The van der Waals surface area contributed by atoms with Gasteiger partial charge in [-0.1, -0.05) is 32.4 Å². The third-order valence-corrected chi connectivity index (χ3v) is 4.95. The number of carbonyl (C=O) groups is 2. The molecular weight excluding hydrogens is 460 g/mol. The summed E-state index contributed by atoms with van der Waals surface area (Å²) < 4.78 is 21.8. The van der Waals surface area contributed by atoms with Crippen LogP contribution in [0.5, 0.6) is 23.0 Å². The Hall–Kier alpha value is -4.25. The van der Waals surface area contributed by atoms with Gasteiger partial charge in [0.1, 0.15) is 11.6 Å². The molecule has 0 spiro atoms. The minimum absolute atomic E-state index is 0.0256. The Balaban J connectivity index is 2.11. The smallest absolute Gasteiger partial charge is 0.336 e. The van der Waals surface area contributed by atoms with Gasteiger partial charge in [-0.05, 0) is 60.4 Å². The number of rotatable bonds is 13. The number of esters is 1. The van der Waals surface area contributed by atoms with Gasteiger partial charge in [-0.25, -0.2) is 4.79 Å². The van der Waals surface area contributed by atoms with Crippen LogP contribution in [0.4, 0.5) is 0 Å². The van der Waals surface area contributed by atoms with E-state index in [1.165, 1.54) is 19.3 Å². The predicted octanol–water partition coefficient (Wildman–Crippen LogP) is 4.93. The van der Waals surface area contributed by atoms with Crippen LogP contribution in [0.25, 0.3) is 12.2 Å². The van der Waals surface area contributed by atoms with E-state index in [2.05, 4.69) is 5.32 Å². The van der Waals surface area contributed by atoms with Gasteiger partial charge >= 0.3 is 5.97 Å². The normalized spacial score (nSPS) is 11.0. The van der Waals surface area contributed by atoms with Crippen molar-refractivity contribution in [2.75, 3.05) is 27.4 Å². The third-order valence-electron chi connectivity index (χ3n) is 4.95. The van der Waals surface area contributed by atoms with E-state index in [1.54, 1.807) is 43.5 Å². The van der Waals surface area contributed by atoms with E-state index in [0.717, 1.165) is 24.8 Å². The van der Waals surface area contributed by atoms with Gasteiger partial charge in [0.15, 0.2) is 23.0 Å². The molecule has 190 valence electrons. The Bertz CT molecular complexity index is 1150. The summed E-state index contributed by atoms with van der Waals surface area (Å²) in [5.74, 6) is 0.655. The molecule has 1 amide bonds. The average molecular weight is 493 g/mol. The van der Waals surface area contributed by atoms with Crippen LogP contribution in [0.1, 0.15) is 44.2 Å². The molecule has 0 saturated carbocycles. The second-order valence-electron chi connectivity index (χ2n) is 7.70. The van der Waals surface area contributed by atoms with Crippen LogP contribution in [0.2, 0.25) is 0 Å². The lowest BCUT2D eigenvalue weighted by Gasteiger charge is -2.10. The summed E-state index contributed by atoms with van der Waals surface area (Å²) in [7, 11) is 2.99. The SMILES string of the molecule is CCCCNC(=O)/C(C#N)=C/c1ccc(OC(=O)/C=C/c2ccc(OCCC)c(OC)c2)c(OC)c1. The summed E-state index contributed by atoms with van der Waals surface area (Å²) in [6.07, 6.45) is 7.01. The highest BCUT2D eigenvalue weighted by Crippen LogP contribution is 2.30. The minimum Gasteiger partial charge on any atom is -0.493 e. The van der Waals surface area contributed by atoms with Gasteiger partial charge in [-0.2, -0.15) is 5.26 Å². The van der Waals surface area contributed by atoms with Crippen molar-refractivity contribution < 1.29 is 28.5 Å². The van der Waals surface area contributed by atoms with Crippen molar-refractivity contribution >= 4 is 24.0 Å². The number of methoxy groups -OCH3 is 2. The summed E-state index contributed by atoms with van der Waals surface area (Å²) in [4.78, 5) is 24.6. The summed E-state index contributed by atoms with van der Waals surface area (Å²) in [6.45, 7) is 5.12. The number of unbranched alkanes of at least 4 members (excludes halogenated alkanes) is 1. The molecule has 2 aromatic carbocycles. The van der Waals surface area contributed by atoms with Gasteiger partial charge < -0.3 is 24.3 Å². The maximum atomic E-state index is 12.4. The largest absolute Gasteiger partial charge is 0.493 e. The van der Waals surface area contributed by atoms with E-state index in [0.29, 0.717) is 30.2 Å². The van der Waals surface area contributed by atoms with Gasteiger partial charge in [-0.15, -0.1) is 0 Å². The lowest BCUT2D eigenvalue weighted by atomic mass is 10.1. The summed E-state index contributed by atoms with van der Waals surface area (Å²) >= 11 is 0. The van der Waals surface area contributed by atoms with Crippen LogP contribution in [0, 0.1) is 11.3 Å². The van der Waals surface area contributed by atoms with Gasteiger partial charge in [-0.3, -0.25) is 4.79 Å². The number of nitriles is 1. The quantitative estimate of drug-likeness (QED) is 0.139. The maximum absolute atomic E-state index is 12.4. The first-order valence-electron chi connectivity index (χ1n) is 11.7. The highest BCUT2D eigenvalue weighted by Gasteiger charge is 2.12. The molecule has 0 bridgehead atoms. The zero-order valence-corrected chi connectivity index (χ0v) is 21.1. The summed E-state index contributed by atoms with van der Waals surface area (Å²) in [5, 5.41) is 12.1. The number of nitrogens with one attached hydrogen (secondary N) is 1. The molecule has 0 saturated heterocycles. The molecule has 1 N–H and O–H groups in total. The molecule has 8 heteroatoms. The van der Waals surface area contributed by atoms with Crippen LogP contribution in [0.3, 0.4) is 0 Å². The first-order chi connectivity index (χ1) is 17.4. The first-order valence-corrected chi connectivity index (χ1v) is 11.7. The minimum atomic E-state index is -0.602. The van der Waals surface area contributed by atoms with Crippen molar-refractivity contribution in [2.24, 2.45) is 0 Å². The molecule has 2 rings (SSSR count). The molecule has 0 fully saturated rings. The molecule has 0 aromatic heterocycles. The van der Waals surface area contributed by atoms with Crippen molar-refractivity contribution in [1.82, 2.24) is 5.32 Å². The summed E-state index contributed by atoms with van der Waals surface area (Å²) in [5.41, 5.74) is 1.27. The zero-order chi connectivity index (χ0) is 26.3. The number of benzene rings is 2. The van der Waals surface area contributed by atoms with Crippen molar-refractivity contribution in [2.45, 2.75) is 33.1 Å². The monoisotopic (exact) mass is 492 g/mol. The fraction of sp³-hybridized carbons (Fsp3) is 0.321. The second kappa shape index (κ2) is 14.9. The van der Waals surface area contributed by atoms with Crippen LogP contribution < -0.4 is 24.3 Å². The predicted molar refractivity (Wildman–Crippen MR) is 138 cm³/mol. The van der Waals surface area contributed by atoms with Crippen molar-refractivity contribution in [1.29, 1.82) is 5.26 Å². The Kier molecular flexibility index (Phi) is 11.6. The van der Waals surface area contributed by atoms with Crippen LogP contribution in [0.15, 0.2) is 48.0 Å². The van der Waals surface area contributed by atoms with Gasteiger partial charge in [0.05, 0.1) is 20.8 Å². The topological polar surface area (TPSA) is 107 Å².